The van der Waals surface area contributed by atoms with Gasteiger partial charge in [0.1, 0.15) is 0 Å². The normalized spacial score (nSPS) is 11.5. The molecule has 0 aliphatic heterocycles. The molecule has 0 saturated heterocycles. The molecule has 25 heavy (non-hydrogen) atoms. The van der Waals surface area contributed by atoms with Crippen LogP contribution in [-0.2, 0) is 0 Å². The minimum Gasteiger partial charge on any atom is -0.502 e. The molecule has 6 nitrogen and oxygen atoms in total. The van der Waals surface area contributed by atoms with Gasteiger partial charge in [0.2, 0.25) is 5.75 Å². The molecule has 0 aliphatic carbocycles. The van der Waals surface area contributed by atoms with Crippen LogP contribution in [0.2, 0.25) is 0 Å². The predicted octanol–water partition coefficient (Wildman–Crippen LogP) is 1.13. The quantitative estimate of drug-likeness (QED) is 0.748. The first-order chi connectivity index (χ1) is 12.0. The zero-order chi connectivity index (χ0) is 18.0. The molecule has 3 rings (SSSR count). The van der Waals surface area contributed by atoms with E-state index in [1.54, 1.807) is 18.2 Å². The SMILES string of the molecule is C=c1[nH]n(-c2ccccc2)c(=O)c1=Cc1cc(OC)c(O)c(OC)c1. The van der Waals surface area contributed by atoms with E-state index >= 15 is 0 Å². The molecule has 0 radical (unpaired) electrons. The van der Waals surface area contributed by atoms with E-state index in [2.05, 4.69) is 11.7 Å². The van der Waals surface area contributed by atoms with Crippen molar-refractivity contribution in [3.05, 3.63) is 68.9 Å². The van der Waals surface area contributed by atoms with Crippen LogP contribution in [0.4, 0.5) is 0 Å². The van der Waals surface area contributed by atoms with Crippen LogP contribution in [0.1, 0.15) is 5.56 Å². The van der Waals surface area contributed by atoms with Crippen LogP contribution in [0.5, 0.6) is 17.2 Å². The second-order valence-corrected chi connectivity index (χ2v) is 5.40. The number of aromatic hydroxyl groups is 1. The van der Waals surface area contributed by atoms with E-state index in [9.17, 15) is 9.90 Å². The molecule has 0 aliphatic rings. The Morgan fingerprint density at radius 3 is 2.28 bits per heavy atom. The summed E-state index contributed by atoms with van der Waals surface area (Å²) >= 11 is 0. The molecule has 0 unspecified atom stereocenters. The number of phenols is 1. The van der Waals surface area contributed by atoms with E-state index in [0.29, 0.717) is 16.1 Å². The van der Waals surface area contributed by atoms with E-state index in [1.807, 2.05) is 30.3 Å². The summed E-state index contributed by atoms with van der Waals surface area (Å²) in [4.78, 5) is 12.7. The lowest BCUT2D eigenvalue weighted by atomic mass is 10.1. The van der Waals surface area contributed by atoms with Crippen molar-refractivity contribution in [2.24, 2.45) is 0 Å². The van der Waals surface area contributed by atoms with E-state index in [4.69, 9.17) is 9.47 Å². The minimum absolute atomic E-state index is 0.0900. The number of hydrogen-bond donors (Lipinski definition) is 2. The second-order valence-electron chi connectivity index (χ2n) is 5.40. The van der Waals surface area contributed by atoms with Crippen molar-refractivity contribution in [2.75, 3.05) is 14.2 Å². The molecule has 1 aromatic heterocycles. The van der Waals surface area contributed by atoms with Gasteiger partial charge in [0.15, 0.2) is 11.5 Å². The molecule has 128 valence electrons. The van der Waals surface area contributed by atoms with E-state index in [0.717, 1.165) is 5.69 Å². The summed E-state index contributed by atoms with van der Waals surface area (Å²) in [5.41, 5.74) is 1.15. The van der Waals surface area contributed by atoms with E-state index in [1.165, 1.54) is 18.9 Å². The molecule has 3 aromatic rings. The summed E-state index contributed by atoms with van der Waals surface area (Å²) < 4.78 is 11.7. The van der Waals surface area contributed by atoms with Crippen LogP contribution >= 0.6 is 0 Å². The van der Waals surface area contributed by atoms with Gasteiger partial charge in [-0.3, -0.25) is 9.89 Å². The van der Waals surface area contributed by atoms with Crippen molar-refractivity contribution >= 4 is 12.7 Å². The highest BCUT2D eigenvalue weighted by molar-refractivity contribution is 5.61. The molecular weight excluding hydrogens is 320 g/mol. The van der Waals surface area contributed by atoms with Crippen molar-refractivity contribution < 1.29 is 14.6 Å². The summed E-state index contributed by atoms with van der Waals surface area (Å²) in [6.07, 6.45) is 1.67. The highest BCUT2D eigenvalue weighted by Gasteiger charge is 2.11. The molecule has 0 saturated carbocycles. The number of nitrogens with zero attached hydrogens (tertiary/aromatic N) is 1. The van der Waals surface area contributed by atoms with Crippen LogP contribution < -0.4 is 25.6 Å². The smallest absolute Gasteiger partial charge is 0.279 e. The molecule has 2 N–H and O–H groups in total. The van der Waals surface area contributed by atoms with Gasteiger partial charge < -0.3 is 14.6 Å². The minimum atomic E-state index is -0.220. The number of aromatic amines is 1. The molecule has 2 aromatic carbocycles. The summed E-state index contributed by atoms with van der Waals surface area (Å²) in [7, 11) is 2.90. The molecule has 0 bridgehead atoms. The van der Waals surface area contributed by atoms with E-state index in [-0.39, 0.29) is 22.8 Å². The third-order valence-electron chi connectivity index (χ3n) is 3.83. The first-order valence-corrected chi connectivity index (χ1v) is 7.57. The third-order valence-corrected chi connectivity index (χ3v) is 3.83. The fourth-order valence-electron chi connectivity index (χ4n) is 2.57. The van der Waals surface area contributed by atoms with Gasteiger partial charge in [0.25, 0.3) is 5.56 Å². The molecule has 0 atom stereocenters. The molecule has 1 heterocycles. The Balaban J connectivity index is 2.20. The van der Waals surface area contributed by atoms with Crippen molar-refractivity contribution in [1.82, 2.24) is 9.78 Å². The highest BCUT2D eigenvalue weighted by atomic mass is 16.5. The molecule has 6 heteroatoms. The Morgan fingerprint density at radius 1 is 1.12 bits per heavy atom. The van der Waals surface area contributed by atoms with Crippen LogP contribution in [-0.4, -0.2) is 29.1 Å². The van der Waals surface area contributed by atoms with Crippen molar-refractivity contribution in [3.63, 3.8) is 0 Å². The maximum absolute atomic E-state index is 12.7. The summed E-state index contributed by atoms with van der Waals surface area (Å²) in [6, 6.07) is 12.5. The van der Waals surface area contributed by atoms with Crippen LogP contribution in [0.25, 0.3) is 18.3 Å². The number of methoxy groups -OCH3 is 2. The predicted molar refractivity (Wildman–Crippen MR) is 95.9 cm³/mol. The van der Waals surface area contributed by atoms with Crippen LogP contribution in [0.3, 0.4) is 0 Å². The largest absolute Gasteiger partial charge is 0.502 e. The number of aromatic nitrogens is 2. The Morgan fingerprint density at radius 2 is 1.72 bits per heavy atom. The van der Waals surface area contributed by atoms with Gasteiger partial charge in [-0.15, -0.1) is 0 Å². The molecule has 0 fully saturated rings. The zero-order valence-electron chi connectivity index (χ0n) is 13.9. The number of hydrogen-bond acceptors (Lipinski definition) is 4. The lowest BCUT2D eigenvalue weighted by molar-refractivity contribution is 0.340. The summed E-state index contributed by atoms with van der Waals surface area (Å²) in [6.45, 7) is 3.91. The van der Waals surface area contributed by atoms with Gasteiger partial charge in [-0.2, -0.15) is 0 Å². The number of H-pyrrole nitrogens is 1. The Bertz CT molecular complexity index is 1040. The average Bonchev–Trinajstić information content (AvgIpc) is 2.91. The van der Waals surface area contributed by atoms with Crippen LogP contribution in [0.15, 0.2) is 47.3 Å². The Hall–Kier alpha value is -3.41. The highest BCUT2D eigenvalue weighted by Crippen LogP contribution is 2.37. The second kappa shape index (κ2) is 6.60. The molecular formula is C19H18N2O4. The maximum atomic E-state index is 12.7. The summed E-state index contributed by atoms with van der Waals surface area (Å²) in [5, 5.41) is 13.9. The number of phenolic OH excluding ortho intramolecular Hbond substituents is 1. The first kappa shape index (κ1) is 16.4. The van der Waals surface area contributed by atoms with Crippen LogP contribution in [0, 0.1) is 0 Å². The Labute approximate surface area is 143 Å². The van der Waals surface area contributed by atoms with E-state index < -0.39 is 0 Å². The topological polar surface area (TPSA) is 76.5 Å². The standard InChI is InChI=1S/C19H18N2O4/c1-12-15(19(23)21(20-12)14-7-5-4-6-8-14)9-13-10-16(24-2)18(22)17(11-13)25-3/h4-11,20,22H,1H2,2-3H3. The number of para-hydroxylation sites is 1. The third kappa shape index (κ3) is 3.01. The lowest BCUT2D eigenvalue weighted by Gasteiger charge is -2.09. The number of nitrogens with one attached hydrogen (secondary N) is 1. The zero-order valence-corrected chi connectivity index (χ0v) is 13.9. The lowest BCUT2D eigenvalue weighted by Crippen LogP contribution is -2.33. The fourth-order valence-corrected chi connectivity index (χ4v) is 2.57. The van der Waals surface area contributed by atoms with Gasteiger partial charge >= 0.3 is 0 Å². The maximum Gasteiger partial charge on any atom is 0.279 e. The fraction of sp³-hybridized carbons (Fsp3) is 0.105. The molecule has 0 spiro atoms. The van der Waals surface area contributed by atoms with Crippen molar-refractivity contribution in [2.45, 2.75) is 0 Å². The van der Waals surface area contributed by atoms with Gasteiger partial charge in [0, 0.05) is 0 Å². The van der Waals surface area contributed by atoms with Gasteiger partial charge in [-0.25, -0.2) is 4.68 Å². The Kier molecular flexibility index (Phi) is 4.35. The average molecular weight is 338 g/mol. The number of benzene rings is 2. The molecule has 0 amide bonds. The first-order valence-electron chi connectivity index (χ1n) is 7.57. The van der Waals surface area contributed by atoms with Gasteiger partial charge in [0.05, 0.1) is 30.5 Å². The summed E-state index contributed by atoms with van der Waals surface area (Å²) in [5.74, 6) is 0.429. The van der Waals surface area contributed by atoms with Crippen molar-refractivity contribution in [1.29, 1.82) is 0 Å². The number of rotatable bonds is 4. The van der Waals surface area contributed by atoms with Gasteiger partial charge in [-0.1, -0.05) is 24.8 Å². The van der Waals surface area contributed by atoms with Gasteiger partial charge in [-0.05, 0) is 35.9 Å². The monoisotopic (exact) mass is 338 g/mol. The number of ether oxygens (including phenoxy) is 2. The van der Waals surface area contributed by atoms with Crippen molar-refractivity contribution in [3.8, 4) is 22.9 Å².